The van der Waals surface area contributed by atoms with Crippen molar-refractivity contribution >= 4 is 44.7 Å². The number of nitrogens with two attached hydrogens (primary N) is 2. The average Bonchev–Trinajstić information content (AvgIpc) is 3.41. The Morgan fingerprint density at radius 1 is 1.19 bits per heavy atom. The predicted octanol–water partition coefficient (Wildman–Crippen LogP) is 3.62. The summed E-state index contributed by atoms with van der Waals surface area (Å²) >= 11 is 1.09. The van der Waals surface area contributed by atoms with Gasteiger partial charge in [0.05, 0.1) is 17.5 Å². The van der Waals surface area contributed by atoms with E-state index >= 15 is 0 Å². The second-order valence-electron chi connectivity index (χ2n) is 6.67. The van der Waals surface area contributed by atoms with Gasteiger partial charge in [0.2, 0.25) is 0 Å². The van der Waals surface area contributed by atoms with Crippen LogP contribution in [0.1, 0.15) is 15.2 Å². The van der Waals surface area contributed by atoms with Gasteiger partial charge in [-0.2, -0.15) is 5.26 Å². The molecule has 0 spiro atoms. The van der Waals surface area contributed by atoms with Gasteiger partial charge in [0.15, 0.2) is 11.5 Å². The number of nitriles is 1. The van der Waals surface area contributed by atoms with Gasteiger partial charge in [0.25, 0.3) is 5.91 Å². The maximum Gasteiger partial charge on any atom is 0.267 e. The number of amides is 1. The third-order valence-corrected chi connectivity index (χ3v) is 5.89. The molecule has 0 saturated carbocycles. The standard InChI is InChI=1S/C21H15N5O4S/c22-9-11-15(13-2-1-5-28-13)16-17(23)18(31-21(16)26-19(11)24)20(27)25-10-3-4-12-14(8-10)30-7-6-29-12/h1-5,8H,6-7,23H2,(H2,24,26)(H,25,27). The fourth-order valence-electron chi connectivity index (χ4n) is 3.43. The van der Waals surface area contributed by atoms with Crippen molar-refractivity contribution in [2.24, 2.45) is 0 Å². The number of carbonyl (C=O) groups is 1. The number of benzene rings is 1. The molecule has 4 heterocycles. The zero-order valence-corrected chi connectivity index (χ0v) is 16.8. The van der Waals surface area contributed by atoms with Crippen LogP contribution in [0.5, 0.6) is 11.5 Å². The van der Waals surface area contributed by atoms with Crippen LogP contribution >= 0.6 is 11.3 Å². The van der Waals surface area contributed by atoms with Crippen LogP contribution in [-0.4, -0.2) is 24.1 Å². The summed E-state index contributed by atoms with van der Waals surface area (Å²) in [6.45, 7) is 0.924. The van der Waals surface area contributed by atoms with E-state index in [1.807, 2.05) is 0 Å². The van der Waals surface area contributed by atoms with Crippen molar-refractivity contribution in [3.8, 4) is 28.9 Å². The summed E-state index contributed by atoms with van der Waals surface area (Å²) < 4.78 is 16.5. The van der Waals surface area contributed by atoms with E-state index in [0.29, 0.717) is 51.9 Å². The molecular weight excluding hydrogens is 418 g/mol. The molecule has 0 radical (unpaired) electrons. The zero-order chi connectivity index (χ0) is 21.5. The number of thiophene rings is 1. The molecular formula is C21H15N5O4S. The van der Waals surface area contributed by atoms with E-state index < -0.39 is 5.91 Å². The van der Waals surface area contributed by atoms with Crippen LogP contribution < -0.4 is 26.3 Å². The smallest absolute Gasteiger partial charge is 0.267 e. The second kappa shape index (κ2) is 7.23. The van der Waals surface area contributed by atoms with Crippen molar-refractivity contribution in [2.45, 2.75) is 0 Å². The summed E-state index contributed by atoms with van der Waals surface area (Å²) in [5.41, 5.74) is 13.6. The molecule has 9 nitrogen and oxygen atoms in total. The van der Waals surface area contributed by atoms with Gasteiger partial charge < -0.3 is 30.7 Å². The minimum Gasteiger partial charge on any atom is -0.486 e. The van der Waals surface area contributed by atoms with Gasteiger partial charge in [-0.15, -0.1) is 11.3 Å². The summed E-state index contributed by atoms with van der Waals surface area (Å²) in [6.07, 6.45) is 1.48. The van der Waals surface area contributed by atoms with Crippen LogP contribution in [0.25, 0.3) is 21.5 Å². The third-order valence-electron chi connectivity index (χ3n) is 4.79. The van der Waals surface area contributed by atoms with E-state index in [2.05, 4.69) is 16.4 Å². The summed E-state index contributed by atoms with van der Waals surface area (Å²) in [7, 11) is 0. The Balaban J connectivity index is 1.58. The van der Waals surface area contributed by atoms with Crippen molar-refractivity contribution in [2.75, 3.05) is 30.0 Å². The topological polar surface area (TPSA) is 149 Å². The number of pyridine rings is 1. The first-order valence-electron chi connectivity index (χ1n) is 9.23. The van der Waals surface area contributed by atoms with Crippen molar-refractivity contribution in [1.29, 1.82) is 5.26 Å². The molecule has 1 aromatic carbocycles. The summed E-state index contributed by atoms with van der Waals surface area (Å²) in [5.74, 6) is 1.22. The second-order valence-corrected chi connectivity index (χ2v) is 7.67. The molecule has 3 aromatic heterocycles. The molecule has 154 valence electrons. The number of fused-ring (bicyclic) bond motifs is 2. The number of hydrogen-bond acceptors (Lipinski definition) is 9. The minimum atomic E-state index is -0.417. The fourth-order valence-corrected chi connectivity index (χ4v) is 4.44. The number of nitrogen functional groups attached to an aromatic ring is 2. The highest BCUT2D eigenvalue weighted by Gasteiger charge is 2.25. The quantitative estimate of drug-likeness (QED) is 0.443. The first kappa shape index (κ1) is 18.8. The van der Waals surface area contributed by atoms with Gasteiger partial charge in [-0.1, -0.05) is 0 Å². The fraction of sp³-hybridized carbons (Fsp3) is 0.0952. The van der Waals surface area contributed by atoms with Gasteiger partial charge in [0.1, 0.15) is 46.1 Å². The van der Waals surface area contributed by atoms with Crippen LogP contribution in [0.2, 0.25) is 0 Å². The highest BCUT2D eigenvalue weighted by atomic mass is 32.1. The Labute approximate surface area is 179 Å². The molecule has 4 aromatic rings. The predicted molar refractivity (Wildman–Crippen MR) is 116 cm³/mol. The van der Waals surface area contributed by atoms with Crippen LogP contribution in [0.4, 0.5) is 17.2 Å². The van der Waals surface area contributed by atoms with Crippen LogP contribution in [-0.2, 0) is 0 Å². The first-order valence-corrected chi connectivity index (χ1v) is 10.0. The molecule has 5 rings (SSSR count). The average molecular weight is 433 g/mol. The number of ether oxygens (including phenoxy) is 2. The number of furan rings is 1. The lowest BCUT2D eigenvalue weighted by molar-refractivity contribution is 0.103. The van der Waals surface area contributed by atoms with Crippen LogP contribution in [0.15, 0.2) is 41.0 Å². The molecule has 1 aliphatic rings. The molecule has 1 aliphatic heterocycles. The van der Waals surface area contributed by atoms with Gasteiger partial charge in [-0.25, -0.2) is 4.98 Å². The Morgan fingerprint density at radius 3 is 2.74 bits per heavy atom. The van der Waals surface area contributed by atoms with E-state index in [1.54, 1.807) is 30.3 Å². The summed E-state index contributed by atoms with van der Waals surface area (Å²) in [4.78, 5) is 18.0. The Morgan fingerprint density at radius 2 is 2.00 bits per heavy atom. The molecule has 0 aliphatic carbocycles. The zero-order valence-electron chi connectivity index (χ0n) is 16.0. The van der Waals surface area contributed by atoms with Crippen molar-refractivity contribution < 1.29 is 18.7 Å². The lowest BCUT2D eigenvalue weighted by Crippen LogP contribution is -2.16. The minimum absolute atomic E-state index is 0.0430. The third kappa shape index (κ3) is 3.08. The van der Waals surface area contributed by atoms with Gasteiger partial charge in [0, 0.05) is 17.1 Å². The molecule has 0 unspecified atom stereocenters. The Hall–Kier alpha value is -4.23. The number of carbonyl (C=O) groups excluding carboxylic acids is 1. The molecule has 31 heavy (non-hydrogen) atoms. The number of rotatable bonds is 3. The molecule has 0 fully saturated rings. The number of anilines is 3. The molecule has 10 heteroatoms. The molecule has 0 saturated heterocycles. The largest absolute Gasteiger partial charge is 0.486 e. The summed E-state index contributed by atoms with van der Waals surface area (Å²) in [6, 6.07) is 10.6. The number of nitrogens with zero attached hydrogens (tertiary/aromatic N) is 2. The van der Waals surface area contributed by atoms with E-state index in [9.17, 15) is 10.1 Å². The number of nitrogens with one attached hydrogen (secondary N) is 1. The van der Waals surface area contributed by atoms with Crippen molar-refractivity contribution in [3.05, 3.63) is 47.0 Å². The van der Waals surface area contributed by atoms with Gasteiger partial charge in [-0.3, -0.25) is 4.79 Å². The molecule has 0 bridgehead atoms. The highest BCUT2D eigenvalue weighted by Crippen LogP contribution is 2.43. The Bertz CT molecular complexity index is 1370. The Kier molecular flexibility index (Phi) is 4.38. The first-order chi connectivity index (χ1) is 15.1. The van der Waals surface area contributed by atoms with E-state index in [1.165, 1.54) is 6.26 Å². The lowest BCUT2D eigenvalue weighted by atomic mass is 10.0. The lowest BCUT2D eigenvalue weighted by Gasteiger charge is -2.18. The van der Waals surface area contributed by atoms with E-state index in [0.717, 1.165) is 11.3 Å². The normalized spacial score (nSPS) is 12.5. The van der Waals surface area contributed by atoms with E-state index in [4.69, 9.17) is 25.4 Å². The number of hydrogen-bond donors (Lipinski definition) is 3. The van der Waals surface area contributed by atoms with Crippen molar-refractivity contribution in [3.63, 3.8) is 0 Å². The highest BCUT2D eigenvalue weighted by molar-refractivity contribution is 7.21. The molecule has 1 amide bonds. The number of aromatic nitrogens is 1. The van der Waals surface area contributed by atoms with E-state index in [-0.39, 0.29) is 21.9 Å². The molecule has 5 N–H and O–H groups in total. The maximum atomic E-state index is 13.0. The molecule has 0 atom stereocenters. The van der Waals surface area contributed by atoms with Crippen LogP contribution in [0.3, 0.4) is 0 Å². The van der Waals surface area contributed by atoms with Gasteiger partial charge >= 0.3 is 0 Å². The van der Waals surface area contributed by atoms with Crippen LogP contribution in [0, 0.1) is 11.3 Å². The van der Waals surface area contributed by atoms with Crippen molar-refractivity contribution in [1.82, 2.24) is 4.98 Å². The van der Waals surface area contributed by atoms with Gasteiger partial charge in [-0.05, 0) is 24.3 Å². The maximum absolute atomic E-state index is 13.0. The summed E-state index contributed by atoms with van der Waals surface area (Å²) in [5, 5.41) is 12.9. The monoisotopic (exact) mass is 433 g/mol. The SMILES string of the molecule is N#Cc1c(N)nc2sc(C(=O)Nc3ccc4c(c3)OCCO4)c(N)c2c1-c1ccco1.